The highest BCUT2D eigenvalue weighted by molar-refractivity contribution is 7.17. The molecule has 2 heterocycles. The molecule has 0 spiro atoms. The van der Waals surface area contributed by atoms with Crippen LogP contribution in [0.25, 0.3) is 10.1 Å². The van der Waals surface area contributed by atoms with Crippen LogP contribution < -0.4 is 5.32 Å². The number of alkyl halides is 3. The van der Waals surface area contributed by atoms with Gasteiger partial charge >= 0.3 is 6.18 Å². The molecule has 8 heteroatoms. The molecule has 98 valence electrons. The first kappa shape index (κ1) is 13.3. The van der Waals surface area contributed by atoms with Crippen LogP contribution in [0.1, 0.15) is 17.2 Å². The van der Waals surface area contributed by atoms with Crippen LogP contribution in [0.5, 0.6) is 0 Å². The maximum absolute atomic E-state index is 12.9. The lowest BCUT2D eigenvalue weighted by Crippen LogP contribution is -2.18. The monoisotopic (exact) mass is 285 g/mol. The summed E-state index contributed by atoms with van der Waals surface area (Å²) in [6.07, 6.45) is -1.79. The Morgan fingerprint density at radius 1 is 1.47 bits per heavy atom. The summed E-state index contributed by atoms with van der Waals surface area (Å²) >= 11 is 0.893. The molecule has 2 aromatic heterocycles. The second-order valence-electron chi connectivity index (χ2n) is 3.60. The average molecular weight is 285 g/mol. The molecule has 0 fully saturated rings. The first-order valence-electron chi connectivity index (χ1n) is 5.00. The number of hydrogen-bond donors (Lipinski definition) is 1. The summed E-state index contributed by atoms with van der Waals surface area (Å²) in [4.78, 5) is 14.2. The highest BCUT2D eigenvalue weighted by Crippen LogP contribution is 2.40. The minimum atomic E-state index is -4.52. The predicted molar refractivity (Wildman–Crippen MR) is 62.2 cm³/mol. The molecular weight excluding hydrogens is 279 g/mol. The van der Waals surface area contributed by atoms with Crippen LogP contribution in [-0.2, 0) is 11.0 Å². The van der Waals surface area contributed by atoms with Gasteiger partial charge in [-0.05, 0) is 0 Å². The highest BCUT2D eigenvalue weighted by Gasteiger charge is 2.35. The van der Waals surface area contributed by atoms with Gasteiger partial charge in [0.1, 0.15) is 6.04 Å². The topological polar surface area (TPSA) is 65.8 Å². The molecule has 0 aliphatic carbocycles. The van der Waals surface area contributed by atoms with E-state index in [0.717, 1.165) is 22.9 Å². The van der Waals surface area contributed by atoms with Crippen molar-refractivity contribution in [2.24, 2.45) is 0 Å². The van der Waals surface area contributed by atoms with Crippen LogP contribution in [0.4, 0.5) is 13.2 Å². The summed E-state index contributed by atoms with van der Waals surface area (Å²) < 4.78 is 39.0. The van der Waals surface area contributed by atoms with Crippen LogP contribution in [0.2, 0.25) is 0 Å². The minimum Gasteiger partial charge on any atom is -0.339 e. The first-order valence-corrected chi connectivity index (χ1v) is 5.88. The molecule has 1 N–H and O–H groups in total. The van der Waals surface area contributed by atoms with E-state index >= 15 is 0 Å². The largest absolute Gasteiger partial charge is 0.417 e. The molecule has 4 nitrogen and oxygen atoms in total. The van der Waals surface area contributed by atoms with E-state index < -0.39 is 17.8 Å². The van der Waals surface area contributed by atoms with E-state index in [4.69, 9.17) is 5.26 Å². The Morgan fingerprint density at radius 3 is 2.79 bits per heavy atom. The zero-order valence-electron chi connectivity index (χ0n) is 9.23. The lowest BCUT2D eigenvalue weighted by Gasteiger charge is -2.12. The number of fused-ring (bicyclic) bond motifs is 1. The summed E-state index contributed by atoms with van der Waals surface area (Å²) in [5, 5.41) is 12.0. The van der Waals surface area contributed by atoms with Crippen molar-refractivity contribution in [3.8, 4) is 6.07 Å². The van der Waals surface area contributed by atoms with Gasteiger partial charge in [-0.2, -0.15) is 18.4 Å². The highest BCUT2D eigenvalue weighted by atomic mass is 32.1. The quantitative estimate of drug-likeness (QED) is 0.882. The molecule has 0 aliphatic rings. The SMILES string of the molecule is N#CC(NC=O)c1cncc2scc(C(F)(F)F)c12. The summed E-state index contributed by atoms with van der Waals surface area (Å²) in [6, 6.07) is 0.572. The van der Waals surface area contributed by atoms with E-state index in [1.54, 1.807) is 6.07 Å². The molecule has 19 heavy (non-hydrogen) atoms. The van der Waals surface area contributed by atoms with Crippen molar-refractivity contribution in [1.82, 2.24) is 10.3 Å². The number of amides is 1. The predicted octanol–water partition coefficient (Wildman–Crippen LogP) is 2.63. The normalized spacial score (nSPS) is 12.9. The van der Waals surface area contributed by atoms with Gasteiger partial charge in [-0.1, -0.05) is 0 Å². The average Bonchev–Trinajstić information content (AvgIpc) is 2.79. The van der Waals surface area contributed by atoms with Crippen molar-refractivity contribution < 1.29 is 18.0 Å². The van der Waals surface area contributed by atoms with Gasteiger partial charge in [-0.25, -0.2) is 0 Å². The van der Waals surface area contributed by atoms with Gasteiger partial charge in [0.2, 0.25) is 6.41 Å². The molecule has 0 saturated heterocycles. The van der Waals surface area contributed by atoms with Crippen LogP contribution in [0.15, 0.2) is 17.8 Å². The van der Waals surface area contributed by atoms with Gasteiger partial charge in [-0.3, -0.25) is 9.78 Å². The Hall–Kier alpha value is -2.14. The maximum atomic E-state index is 12.9. The maximum Gasteiger partial charge on any atom is 0.417 e. The third-order valence-electron chi connectivity index (χ3n) is 2.49. The standard InChI is InChI=1S/C11H6F3N3OS/c12-11(13,14)7-4-19-9-3-16-2-6(10(7)9)8(1-15)17-5-18/h2-5,8H,(H,17,18). The number of thiophene rings is 1. The summed E-state index contributed by atoms with van der Waals surface area (Å²) in [5.74, 6) is 0. The Morgan fingerprint density at radius 2 is 2.21 bits per heavy atom. The summed E-state index contributed by atoms with van der Waals surface area (Å²) in [6.45, 7) is 0. The molecule has 0 aliphatic heterocycles. The lowest BCUT2D eigenvalue weighted by atomic mass is 10.0. The van der Waals surface area contributed by atoms with Crippen LogP contribution in [0.3, 0.4) is 0 Å². The number of pyridine rings is 1. The zero-order valence-corrected chi connectivity index (χ0v) is 10.0. The van der Waals surface area contributed by atoms with Gasteiger partial charge in [0.25, 0.3) is 0 Å². The second kappa shape index (κ2) is 4.85. The fraction of sp³-hybridized carbons (Fsp3) is 0.182. The fourth-order valence-electron chi connectivity index (χ4n) is 1.71. The Bertz CT molecular complexity index is 659. The van der Waals surface area contributed by atoms with E-state index in [9.17, 15) is 18.0 Å². The van der Waals surface area contributed by atoms with E-state index in [0.29, 0.717) is 4.70 Å². The van der Waals surface area contributed by atoms with Crippen molar-refractivity contribution in [3.05, 3.63) is 28.9 Å². The number of aromatic nitrogens is 1. The number of carbonyl (C=O) groups excluding carboxylic acids is 1. The Balaban J connectivity index is 2.71. The molecular formula is C11H6F3N3OS. The third kappa shape index (κ3) is 2.37. The van der Waals surface area contributed by atoms with Gasteiger partial charge in [0, 0.05) is 28.7 Å². The molecule has 0 saturated carbocycles. The van der Waals surface area contributed by atoms with Gasteiger partial charge in [0.15, 0.2) is 0 Å². The number of carbonyl (C=O) groups is 1. The number of nitrogens with one attached hydrogen (secondary N) is 1. The second-order valence-corrected chi connectivity index (χ2v) is 4.51. The van der Waals surface area contributed by atoms with E-state index in [2.05, 4.69) is 10.3 Å². The summed E-state index contributed by atoms with van der Waals surface area (Å²) in [7, 11) is 0. The molecule has 1 amide bonds. The number of hydrogen-bond acceptors (Lipinski definition) is 4. The fourth-order valence-corrected chi connectivity index (χ4v) is 2.67. The van der Waals surface area contributed by atoms with Gasteiger partial charge in [0.05, 0.1) is 16.3 Å². The minimum absolute atomic E-state index is 0.0423. The number of nitriles is 1. The zero-order chi connectivity index (χ0) is 14.0. The smallest absolute Gasteiger partial charge is 0.339 e. The third-order valence-corrected chi connectivity index (χ3v) is 3.41. The van der Waals surface area contributed by atoms with Crippen molar-refractivity contribution in [1.29, 1.82) is 5.26 Å². The van der Waals surface area contributed by atoms with Crippen molar-refractivity contribution in [2.45, 2.75) is 12.2 Å². The molecule has 0 bridgehead atoms. The summed E-state index contributed by atoms with van der Waals surface area (Å²) in [5.41, 5.74) is -0.779. The van der Waals surface area contributed by atoms with Crippen LogP contribution >= 0.6 is 11.3 Å². The van der Waals surface area contributed by atoms with Crippen molar-refractivity contribution in [3.63, 3.8) is 0 Å². The first-order chi connectivity index (χ1) is 8.99. The van der Waals surface area contributed by atoms with E-state index in [1.165, 1.54) is 6.20 Å². The lowest BCUT2D eigenvalue weighted by molar-refractivity contribution is -0.136. The molecule has 1 atom stereocenters. The van der Waals surface area contributed by atoms with Gasteiger partial charge < -0.3 is 5.32 Å². The molecule has 2 rings (SSSR count). The molecule has 2 aromatic rings. The van der Waals surface area contributed by atoms with Crippen LogP contribution in [-0.4, -0.2) is 11.4 Å². The Kier molecular flexibility index (Phi) is 3.40. The molecule has 1 unspecified atom stereocenters. The Labute approximate surface area is 109 Å². The van der Waals surface area contributed by atoms with Crippen LogP contribution in [0, 0.1) is 11.3 Å². The molecule has 0 aromatic carbocycles. The van der Waals surface area contributed by atoms with Crippen molar-refractivity contribution in [2.75, 3.05) is 0 Å². The number of nitrogens with zero attached hydrogens (tertiary/aromatic N) is 2. The van der Waals surface area contributed by atoms with Gasteiger partial charge in [-0.15, -0.1) is 11.3 Å². The number of rotatable bonds is 3. The van der Waals surface area contributed by atoms with Crippen molar-refractivity contribution >= 4 is 27.8 Å². The van der Waals surface area contributed by atoms with E-state index in [-0.39, 0.29) is 17.4 Å². The molecule has 0 radical (unpaired) electrons. The number of halogens is 3. The van der Waals surface area contributed by atoms with E-state index in [1.807, 2.05) is 0 Å².